The van der Waals surface area contributed by atoms with Crippen molar-refractivity contribution in [2.24, 2.45) is 10.2 Å². The summed E-state index contributed by atoms with van der Waals surface area (Å²) in [7, 11) is 0. The molecule has 2 N–H and O–H groups in total. The minimum absolute atomic E-state index is 0.136. The molecule has 0 aliphatic carbocycles. The Bertz CT molecular complexity index is 1150. The maximum Gasteiger partial charge on any atom is 0.287 e. The zero-order valence-corrected chi connectivity index (χ0v) is 14.5. The van der Waals surface area contributed by atoms with Crippen molar-refractivity contribution in [1.82, 2.24) is 25.2 Å². The lowest BCUT2D eigenvalue weighted by Gasteiger charge is -1.94. The summed E-state index contributed by atoms with van der Waals surface area (Å²) in [6.45, 7) is -0.229. The second-order valence-electron chi connectivity index (χ2n) is 5.62. The van der Waals surface area contributed by atoms with Gasteiger partial charge < -0.3 is 10.1 Å². The molecular weight excluding hydrogens is 370 g/mol. The lowest BCUT2D eigenvalue weighted by molar-refractivity contribution is -0.119. The van der Waals surface area contributed by atoms with Gasteiger partial charge in [0.2, 0.25) is 11.7 Å². The minimum atomic E-state index is -0.595. The van der Waals surface area contributed by atoms with E-state index in [2.05, 4.69) is 30.6 Å². The maximum absolute atomic E-state index is 12.1. The van der Waals surface area contributed by atoms with Crippen LogP contribution in [0.3, 0.4) is 0 Å². The third-order valence-electron chi connectivity index (χ3n) is 3.74. The fourth-order valence-corrected chi connectivity index (χ4v) is 2.68. The number of halogens is 1. The number of rotatable bonds is 4. The number of aromatic amines is 1. The van der Waals surface area contributed by atoms with Gasteiger partial charge in [-0.05, 0) is 23.4 Å². The van der Waals surface area contributed by atoms with Crippen molar-refractivity contribution in [2.75, 3.05) is 0 Å². The van der Waals surface area contributed by atoms with Crippen LogP contribution in [-0.4, -0.2) is 36.2 Å². The van der Waals surface area contributed by atoms with Gasteiger partial charge in [0.25, 0.3) is 5.91 Å². The number of benzene rings is 2. The van der Waals surface area contributed by atoms with Crippen molar-refractivity contribution in [2.45, 2.75) is 6.54 Å². The number of H-pyrrole nitrogens is 1. The SMILES string of the molecule is O=C(Cn1nnc(-c2ccccc2)n1)N=Nc1c(O)[nH]c2ccc(Cl)cc12. The molecule has 0 saturated heterocycles. The summed E-state index contributed by atoms with van der Waals surface area (Å²) in [5.41, 5.74) is 1.56. The molecule has 27 heavy (non-hydrogen) atoms. The van der Waals surface area contributed by atoms with Crippen LogP contribution in [0.15, 0.2) is 58.8 Å². The molecule has 0 saturated carbocycles. The zero-order chi connectivity index (χ0) is 18.8. The number of aromatic hydroxyl groups is 1. The van der Waals surface area contributed by atoms with E-state index in [0.717, 1.165) is 10.4 Å². The molecule has 9 nitrogen and oxygen atoms in total. The van der Waals surface area contributed by atoms with E-state index in [1.807, 2.05) is 30.3 Å². The quantitative estimate of drug-likeness (QED) is 0.524. The van der Waals surface area contributed by atoms with Gasteiger partial charge in [-0.25, -0.2) is 0 Å². The average molecular weight is 382 g/mol. The summed E-state index contributed by atoms with van der Waals surface area (Å²) in [5, 5.41) is 30.3. The molecule has 4 rings (SSSR count). The molecule has 134 valence electrons. The summed E-state index contributed by atoms with van der Waals surface area (Å²) in [6, 6.07) is 14.3. The van der Waals surface area contributed by atoms with E-state index in [1.54, 1.807) is 18.2 Å². The first kappa shape index (κ1) is 16.9. The first-order valence-electron chi connectivity index (χ1n) is 7.88. The average Bonchev–Trinajstić information content (AvgIpc) is 3.24. The predicted octanol–water partition coefficient (Wildman–Crippen LogP) is 3.49. The van der Waals surface area contributed by atoms with Crippen LogP contribution < -0.4 is 0 Å². The Morgan fingerprint density at radius 3 is 2.85 bits per heavy atom. The molecule has 0 spiro atoms. The van der Waals surface area contributed by atoms with Gasteiger partial charge in [-0.3, -0.25) is 4.79 Å². The fraction of sp³-hybridized carbons (Fsp3) is 0.0588. The Kier molecular flexibility index (Phi) is 4.35. The third-order valence-corrected chi connectivity index (χ3v) is 3.97. The minimum Gasteiger partial charge on any atom is -0.493 e. The van der Waals surface area contributed by atoms with Crippen LogP contribution in [0.2, 0.25) is 5.02 Å². The van der Waals surface area contributed by atoms with Gasteiger partial charge in [0.15, 0.2) is 5.69 Å². The summed E-state index contributed by atoms with van der Waals surface area (Å²) < 4.78 is 0. The Hall–Kier alpha value is -3.59. The van der Waals surface area contributed by atoms with E-state index in [0.29, 0.717) is 21.7 Å². The van der Waals surface area contributed by atoms with Crippen molar-refractivity contribution >= 4 is 34.1 Å². The Morgan fingerprint density at radius 2 is 2.04 bits per heavy atom. The molecule has 0 unspecified atom stereocenters. The Morgan fingerprint density at radius 1 is 1.22 bits per heavy atom. The highest BCUT2D eigenvalue weighted by molar-refractivity contribution is 6.31. The topological polar surface area (TPSA) is 121 Å². The number of tetrazole rings is 1. The smallest absolute Gasteiger partial charge is 0.287 e. The van der Waals surface area contributed by atoms with Gasteiger partial charge in [-0.2, -0.15) is 4.80 Å². The normalized spacial score (nSPS) is 11.4. The summed E-state index contributed by atoms with van der Waals surface area (Å²) >= 11 is 5.96. The van der Waals surface area contributed by atoms with Crippen molar-refractivity contribution in [1.29, 1.82) is 0 Å². The summed E-state index contributed by atoms with van der Waals surface area (Å²) in [4.78, 5) is 15.9. The van der Waals surface area contributed by atoms with Gasteiger partial charge in [0, 0.05) is 16.0 Å². The maximum atomic E-state index is 12.1. The number of fused-ring (bicyclic) bond motifs is 1. The largest absolute Gasteiger partial charge is 0.493 e. The molecule has 0 fully saturated rings. The molecule has 0 atom stereocenters. The number of carbonyl (C=O) groups is 1. The second kappa shape index (κ2) is 6.96. The summed E-state index contributed by atoms with van der Waals surface area (Å²) in [5.74, 6) is -0.388. The number of aromatic nitrogens is 5. The number of amides is 1. The monoisotopic (exact) mass is 381 g/mol. The van der Waals surface area contributed by atoms with E-state index in [4.69, 9.17) is 11.6 Å². The molecular formula is C17H12ClN7O2. The van der Waals surface area contributed by atoms with Gasteiger partial charge in [0.1, 0.15) is 6.54 Å². The molecule has 4 aromatic rings. The summed E-state index contributed by atoms with van der Waals surface area (Å²) in [6.07, 6.45) is 0. The molecule has 2 aromatic heterocycles. The van der Waals surface area contributed by atoms with Crippen LogP contribution in [0.25, 0.3) is 22.3 Å². The Balaban J connectivity index is 1.51. The standard InChI is InChI=1S/C17H12ClN7O2/c18-11-6-7-13-12(8-11)15(17(27)19-13)21-20-14(26)9-25-23-16(22-24-25)10-4-2-1-3-5-10/h1-8,19,27H,9H2. The van der Waals surface area contributed by atoms with Crippen LogP contribution >= 0.6 is 11.6 Å². The van der Waals surface area contributed by atoms with Crippen molar-refractivity contribution in [3.05, 3.63) is 53.6 Å². The highest BCUT2D eigenvalue weighted by Crippen LogP contribution is 2.36. The lowest BCUT2D eigenvalue weighted by atomic mass is 10.2. The number of nitrogens with one attached hydrogen (secondary N) is 1. The first-order chi connectivity index (χ1) is 13.1. The molecule has 1 amide bonds. The number of nitrogens with zero attached hydrogens (tertiary/aromatic N) is 6. The molecule has 0 radical (unpaired) electrons. The van der Waals surface area contributed by atoms with Crippen molar-refractivity contribution in [3.8, 4) is 17.3 Å². The number of hydrogen-bond acceptors (Lipinski definition) is 6. The van der Waals surface area contributed by atoms with Crippen LogP contribution in [0.5, 0.6) is 5.88 Å². The number of hydrogen-bond donors (Lipinski definition) is 2. The number of carbonyl (C=O) groups excluding carboxylic acids is 1. The molecule has 0 bridgehead atoms. The van der Waals surface area contributed by atoms with Gasteiger partial charge in [-0.1, -0.05) is 41.9 Å². The van der Waals surface area contributed by atoms with Crippen LogP contribution in [-0.2, 0) is 11.3 Å². The fourth-order valence-electron chi connectivity index (χ4n) is 2.51. The van der Waals surface area contributed by atoms with Crippen LogP contribution in [0.1, 0.15) is 0 Å². The molecule has 10 heteroatoms. The first-order valence-corrected chi connectivity index (χ1v) is 8.26. The van der Waals surface area contributed by atoms with Crippen LogP contribution in [0, 0.1) is 0 Å². The lowest BCUT2D eigenvalue weighted by Crippen LogP contribution is -2.10. The second-order valence-corrected chi connectivity index (χ2v) is 6.05. The van der Waals surface area contributed by atoms with Gasteiger partial charge in [0.05, 0.1) is 5.52 Å². The van der Waals surface area contributed by atoms with E-state index in [-0.39, 0.29) is 18.1 Å². The van der Waals surface area contributed by atoms with Gasteiger partial charge in [-0.15, -0.1) is 20.4 Å². The predicted molar refractivity (Wildman–Crippen MR) is 97.7 cm³/mol. The molecule has 2 aromatic carbocycles. The van der Waals surface area contributed by atoms with Crippen molar-refractivity contribution < 1.29 is 9.90 Å². The zero-order valence-electron chi connectivity index (χ0n) is 13.7. The Labute approximate surface area is 157 Å². The highest BCUT2D eigenvalue weighted by Gasteiger charge is 2.12. The van der Waals surface area contributed by atoms with Crippen molar-refractivity contribution in [3.63, 3.8) is 0 Å². The van der Waals surface area contributed by atoms with Gasteiger partial charge >= 0.3 is 0 Å². The van der Waals surface area contributed by atoms with Crippen LogP contribution in [0.4, 0.5) is 5.69 Å². The van der Waals surface area contributed by atoms with E-state index in [9.17, 15) is 9.90 Å². The molecule has 0 aliphatic heterocycles. The molecule has 2 heterocycles. The van der Waals surface area contributed by atoms with E-state index in [1.165, 1.54) is 0 Å². The number of azo groups is 1. The third kappa shape index (κ3) is 3.53. The van der Waals surface area contributed by atoms with E-state index >= 15 is 0 Å². The molecule has 0 aliphatic rings. The van der Waals surface area contributed by atoms with E-state index < -0.39 is 5.91 Å². The highest BCUT2D eigenvalue weighted by atomic mass is 35.5.